The summed E-state index contributed by atoms with van der Waals surface area (Å²) in [6.07, 6.45) is -0.414. The van der Waals surface area contributed by atoms with E-state index in [2.05, 4.69) is 15.0 Å². The van der Waals surface area contributed by atoms with E-state index in [4.69, 9.17) is 30.5 Å². The van der Waals surface area contributed by atoms with Crippen LogP contribution in [-0.4, -0.2) is 88.2 Å². The monoisotopic (exact) mass is 564 g/mol. The van der Waals surface area contributed by atoms with E-state index in [9.17, 15) is 18.7 Å². The first-order valence-corrected chi connectivity index (χ1v) is 13.2. The molecule has 2 aromatic heterocycles. The summed E-state index contributed by atoms with van der Waals surface area (Å²) < 4.78 is 52.0. The fourth-order valence-corrected chi connectivity index (χ4v) is 5.46. The minimum atomic E-state index is -0.730. The van der Waals surface area contributed by atoms with Crippen LogP contribution in [0.25, 0.3) is 11.2 Å². The van der Waals surface area contributed by atoms with Gasteiger partial charge >= 0.3 is 0 Å². The van der Waals surface area contributed by atoms with Gasteiger partial charge in [-0.3, -0.25) is 4.79 Å². The summed E-state index contributed by atoms with van der Waals surface area (Å²) in [4.78, 5) is 25.2. The predicted molar refractivity (Wildman–Crippen MR) is 134 cm³/mol. The van der Waals surface area contributed by atoms with E-state index in [-0.39, 0.29) is 55.9 Å². The van der Waals surface area contributed by atoms with Gasteiger partial charge in [-0.15, -0.1) is 0 Å². The SMILES string of the molecule is O=C1CCCN1CCOc1cc(F)c(CCc2nc3nc(O[C@@H]4CO[C@H]5[C@@H]4OC[C@H]5O)[nH]c3cc2Cl)c(F)c1. The Morgan fingerprint density at radius 1 is 1.13 bits per heavy atom. The Bertz CT molecular complexity index is 1370. The summed E-state index contributed by atoms with van der Waals surface area (Å²) in [5, 5.41) is 10.2. The van der Waals surface area contributed by atoms with Crippen molar-refractivity contribution >= 4 is 28.7 Å². The normalized spacial score (nSPS) is 24.6. The summed E-state index contributed by atoms with van der Waals surface area (Å²) in [7, 11) is 0. The number of imidazole rings is 1. The molecule has 0 unspecified atom stereocenters. The van der Waals surface area contributed by atoms with E-state index in [1.807, 2.05) is 0 Å². The number of aliphatic hydroxyl groups is 1. The first-order valence-electron chi connectivity index (χ1n) is 12.9. The average Bonchev–Trinajstić information content (AvgIpc) is 3.66. The molecule has 39 heavy (non-hydrogen) atoms. The molecule has 0 radical (unpaired) electrons. The van der Waals surface area contributed by atoms with Crippen LogP contribution in [0.5, 0.6) is 11.8 Å². The number of likely N-dealkylation sites (tertiary alicyclic amines) is 1. The number of ether oxygens (including phenoxy) is 4. The molecule has 0 bridgehead atoms. The maximum Gasteiger partial charge on any atom is 0.296 e. The number of rotatable bonds is 9. The molecule has 2 N–H and O–H groups in total. The highest BCUT2D eigenvalue weighted by Gasteiger charge is 2.48. The standard InChI is InChI=1S/C26H27ClF2N4O6/c27-15-10-19-25(32-26(31-19)39-21-12-38-23-20(34)11-37-24(21)23)30-18(15)4-3-14-16(28)8-13(9-17(14)29)36-7-6-33-5-1-2-22(33)35/h8-10,20-21,23-24,34H,1-7,11-12H2,(H,30,31,32)/t20-,21-,23-,24-/m1/s1. The molecule has 3 saturated heterocycles. The number of aromatic nitrogens is 3. The highest BCUT2D eigenvalue weighted by molar-refractivity contribution is 6.31. The third-order valence-corrected chi connectivity index (χ3v) is 7.58. The summed E-state index contributed by atoms with van der Waals surface area (Å²) in [5.74, 6) is -1.33. The maximum atomic E-state index is 14.8. The maximum absolute atomic E-state index is 14.8. The summed E-state index contributed by atoms with van der Waals surface area (Å²) in [6, 6.07) is 4.12. The van der Waals surface area contributed by atoms with Crippen molar-refractivity contribution in [2.45, 2.75) is 50.1 Å². The average molecular weight is 565 g/mol. The molecule has 1 amide bonds. The number of hydrogen-bond donors (Lipinski definition) is 2. The predicted octanol–water partition coefficient (Wildman–Crippen LogP) is 2.58. The first-order chi connectivity index (χ1) is 18.9. The van der Waals surface area contributed by atoms with Crippen LogP contribution < -0.4 is 9.47 Å². The number of aromatic amines is 1. The summed E-state index contributed by atoms with van der Waals surface area (Å²) in [6.45, 7) is 1.65. The van der Waals surface area contributed by atoms with Crippen molar-refractivity contribution in [1.82, 2.24) is 19.9 Å². The van der Waals surface area contributed by atoms with E-state index >= 15 is 0 Å². The lowest BCUT2D eigenvalue weighted by atomic mass is 10.1. The Labute approximate surface area is 227 Å². The van der Waals surface area contributed by atoms with Gasteiger partial charge < -0.3 is 33.9 Å². The Balaban J connectivity index is 1.09. The van der Waals surface area contributed by atoms with Gasteiger partial charge in [0.25, 0.3) is 6.01 Å². The number of nitrogens with zero attached hydrogens (tertiary/aromatic N) is 3. The van der Waals surface area contributed by atoms with Crippen molar-refractivity contribution < 1.29 is 37.6 Å². The number of carbonyl (C=O) groups is 1. The fourth-order valence-electron chi connectivity index (χ4n) is 5.21. The van der Waals surface area contributed by atoms with Gasteiger partial charge in [0.15, 0.2) is 11.8 Å². The van der Waals surface area contributed by atoms with Crippen LogP contribution in [-0.2, 0) is 27.1 Å². The van der Waals surface area contributed by atoms with Crippen LogP contribution in [0.1, 0.15) is 24.1 Å². The van der Waals surface area contributed by atoms with Crippen molar-refractivity contribution in [3.05, 3.63) is 46.1 Å². The number of aliphatic hydroxyl groups excluding tert-OH is 1. The van der Waals surface area contributed by atoms with Crippen LogP contribution in [0.2, 0.25) is 5.02 Å². The zero-order valence-corrected chi connectivity index (χ0v) is 21.6. The number of aryl methyl sites for hydroxylation is 1. The second kappa shape index (κ2) is 10.8. The number of carbonyl (C=O) groups excluding carboxylic acids is 1. The number of hydrogen-bond acceptors (Lipinski definition) is 8. The van der Waals surface area contributed by atoms with Crippen LogP contribution in [0, 0.1) is 11.6 Å². The van der Waals surface area contributed by atoms with Crippen molar-refractivity contribution in [2.24, 2.45) is 0 Å². The highest BCUT2D eigenvalue weighted by Crippen LogP contribution is 2.30. The van der Waals surface area contributed by atoms with Gasteiger partial charge in [0, 0.05) is 30.7 Å². The van der Waals surface area contributed by atoms with Crippen LogP contribution in [0.3, 0.4) is 0 Å². The lowest BCUT2D eigenvalue weighted by Gasteiger charge is -2.16. The number of H-pyrrole nitrogens is 1. The van der Waals surface area contributed by atoms with Crippen LogP contribution >= 0.6 is 11.6 Å². The molecule has 4 atom stereocenters. The van der Waals surface area contributed by atoms with Gasteiger partial charge in [0.05, 0.1) is 36.0 Å². The third-order valence-electron chi connectivity index (χ3n) is 7.25. The zero-order chi connectivity index (χ0) is 27.1. The lowest BCUT2D eigenvalue weighted by molar-refractivity contribution is -0.128. The van der Waals surface area contributed by atoms with Gasteiger partial charge in [-0.2, -0.15) is 4.98 Å². The molecule has 0 aliphatic carbocycles. The summed E-state index contributed by atoms with van der Waals surface area (Å²) in [5.41, 5.74) is 1.21. The molecule has 10 nitrogen and oxygen atoms in total. The van der Waals surface area contributed by atoms with Gasteiger partial charge in [0.1, 0.15) is 42.3 Å². The number of pyridine rings is 1. The number of nitrogens with one attached hydrogen (secondary N) is 1. The van der Waals surface area contributed by atoms with E-state index in [0.717, 1.165) is 18.6 Å². The lowest BCUT2D eigenvalue weighted by Crippen LogP contribution is -2.34. The molecular formula is C26H27ClF2N4O6. The Hall–Kier alpha value is -3.06. The Morgan fingerprint density at radius 2 is 1.92 bits per heavy atom. The van der Waals surface area contributed by atoms with Gasteiger partial charge in [-0.25, -0.2) is 13.8 Å². The van der Waals surface area contributed by atoms with E-state index in [0.29, 0.717) is 41.4 Å². The quantitative estimate of drug-likeness (QED) is 0.407. The number of amides is 1. The highest BCUT2D eigenvalue weighted by atomic mass is 35.5. The van der Waals surface area contributed by atoms with Crippen molar-refractivity contribution in [3.63, 3.8) is 0 Å². The minimum Gasteiger partial charge on any atom is -0.492 e. The van der Waals surface area contributed by atoms with Crippen LogP contribution in [0.15, 0.2) is 18.2 Å². The molecule has 3 aliphatic rings. The molecule has 3 fully saturated rings. The molecule has 0 saturated carbocycles. The Kier molecular flexibility index (Phi) is 7.27. The molecular weight excluding hydrogens is 538 g/mol. The van der Waals surface area contributed by atoms with Crippen LogP contribution in [0.4, 0.5) is 8.78 Å². The molecule has 1 aromatic carbocycles. The van der Waals surface area contributed by atoms with Crippen molar-refractivity contribution in [2.75, 3.05) is 32.9 Å². The van der Waals surface area contributed by atoms with E-state index in [1.54, 1.807) is 11.0 Å². The Morgan fingerprint density at radius 3 is 2.69 bits per heavy atom. The zero-order valence-electron chi connectivity index (χ0n) is 20.9. The molecule has 5 heterocycles. The number of benzene rings is 1. The van der Waals surface area contributed by atoms with Crippen molar-refractivity contribution in [1.29, 1.82) is 0 Å². The third kappa shape index (κ3) is 5.38. The second-order valence-electron chi connectivity index (χ2n) is 9.85. The van der Waals surface area contributed by atoms with Gasteiger partial charge in [-0.1, -0.05) is 11.6 Å². The second-order valence-corrected chi connectivity index (χ2v) is 10.3. The van der Waals surface area contributed by atoms with E-state index in [1.165, 1.54) is 0 Å². The van der Waals surface area contributed by atoms with E-state index < -0.39 is 36.1 Å². The molecule has 208 valence electrons. The molecule has 3 aliphatic heterocycles. The number of halogens is 3. The topological polar surface area (TPSA) is 119 Å². The summed E-state index contributed by atoms with van der Waals surface area (Å²) >= 11 is 6.41. The van der Waals surface area contributed by atoms with Gasteiger partial charge in [-0.05, 0) is 25.3 Å². The molecule has 13 heteroatoms. The van der Waals surface area contributed by atoms with Crippen molar-refractivity contribution in [3.8, 4) is 11.8 Å². The van der Waals surface area contributed by atoms with Gasteiger partial charge in [0.2, 0.25) is 5.91 Å². The minimum absolute atomic E-state index is 0.0222. The largest absolute Gasteiger partial charge is 0.492 e. The molecule has 3 aromatic rings. The fraction of sp³-hybridized carbons (Fsp3) is 0.500. The molecule has 6 rings (SSSR count). The number of fused-ring (bicyclic) bond motifs is 2. The molecule has 0 spiro atoms. The smallest absolute Gasteiger partial charge is 0.296 e. The first kappa shape index (κ1) is 26.2.